The highest BCUT2D eigenvalue weighted by Crippen LogP contribution is 2.33. The van der Waals surface area contributed by atoms with E-state index < -0.39 is 5.60 Å². The van der Waals surface area contributed by atoms with Crippen molar-refractivity contribution in [1.29, 1.82) is 0 Å². The molecule has 0 amide bonds. The summed E-state index contributed by atoms with van der Waals surface area (Å²) in [7, 11) is 1.74. The Labute approximate surface area is 80.6 Å². The summed E-state index contributed by atoms with van der Waals surface area (Å²) < 4.78 is 5.41. The van der Waals surface area contributed by atoms with Crippen molar-refractivity contribution in [2.24, 2.45) is 5.92 Å². The summed E-state index contributed by atoms with van der Waals surface area (Å²) in [6.45, 7) is 6.02. The van der Waals surface area contributed by atoms with Gasteiger partial charge < -0.3 is 9.84 Å². The Bertz CT molecular complexity index is 204. The van der Waals surface area contributed by atoms with Gasteiger partial charge in [0.05, 0.1) is 11.2 Å². The zero-order valence-corrected chi connectivity index (χ0v) is 9.00. The van der Waals surface area contributed by atoms with E-state index in [1.165, 1.54) is 0 Å². The van der Waals surface area contributed by atoms with E-state index in [9.17, 15) is 5.11 Å². The molecular formula is C11H20O2. The molecule has 1 unspecified atom stereocenters. The molecule has 0 fully saturated rings. The molecule has 1 aliphatic carbocycles. The SMILES string of the molecule is COC(C)(C)C1C=C[C@](C)(O)CC1. The summed E-state index contributed by atoms with van der Waals surface area (Å²) >= 11 is 0. The van der Waals surface area contributed by atoms with Crippen molar-refractivity contribution in [3.05, 3.63) is 12.2 Å². The molecule has 1 aliphatic rings. The van der Waals surface area contributed by atoms with Crippen molar-refractivity contribution in [1.82, 2.24) is 0 Å². The molecule has 0 spiro atoms. The van der Waals surface area contributed by atoms with Crippen LogP contribution >= 0.6 is 0 Å². The predicted octanol–water partition coefficient (Wildman–Crippen LogP) is 2.13. The molecular weight excluding hydrogens is 164 g/mol. The third kappa shape index (κ3) is 2.55. The monoisotopic (exact) mass is 184 g/mol. The van der Waals surface area contributed by atoms with Crippen molar-refractivity contribution < 1.29 is 9.84 Å². The number of methoxy groups -OCH3 is 1. The molecule has 13 heavy (non-hydrogen) atoms. The lowest BCUT2D eigenvalue weighted by atomic mass is 9.78. The lowest BCUT2D eigenvalue weighted by Gasteiger charge is -2.36. The summed E-state index contributed by atoms with van der Waals surface area (Å²) in [6, 6.07) is 0. The van der Waals surface area contributed by atoms with Crippen molar-refractivity contribution >= 4 is 0 Å². The molecule has 0 saturated carbocycles. The molecule has 0 radical (unpaired) electrons. The average molecular weight is 184 g/mol. The summed E-state index contributed by atoms with van der Waals surface area (Å²) in [5, 5.41) is 9.70. The van der Waals surface area contributed by atoms with Crippen LogP contribution in [0, 0.1) is 5.92 Å². The predicted molar refractivity (Wildman–Crippen MR) is 53.6 cm³/mol. The van der Waals surface area contributed by atoms with E-state index in [-0.39, 0.29) is 5.60 Å². The van der Waals surface area contributed by atoms with Gasteiger partial charge in [0.1, 0.15) is 0 Å². The maximum atomic E-state index is 9.70. The quantitative estimate of drug-likeness (QED) is 0.666. The van der Waals surface area contributed by atoms with E-state index in [4.69, 9.17) is 4.74 Å². The van der Waals surface area contributed by atoms with Gasteiger partial charge >= 0.3 is 0 Å². The highest BCUT2D eigenvalue weighted by molar-refractivity contribution is 5.09. The Balaban J connectivity index is 2.68. The molecule has 1 N–H and O–H groups in total. The normalized spacial score (nSPS) is 35.0. The van der Waals surface area contributed by atoms with Crippen LogP contribution in [0.3, 0.4) is 0 Å². The number of ether oxygens (including phenoxy) is 1. The van der Waals surface area contributed by atoms with Crippen LogP contribution < -0.4 is 0 Å². The Kier molecular flexibility index (Phi) is 2.83. The maximum Gasteiger partial charge on any atom is 0.0800 e. The molecule has 0 saturated heterocycles. The van der Waals surface area contributed by atoms with Crippen LogP contribution in [-0.2, 0) is 4.74 Å². The van der Waals surface area contributed by atoms with Gasteiger partial charge in [-0.2, -0.15) is 0 Å². The smallest absolute Gasteiger partial charge is 0.0800 e. The lowest BCUT2D eigenvalue weighted by molar-refractivity contribution is -0.0265. The molecule has 2 atom stereocenters. The second-order valence-corrected chi connectivity index (χ2v) is 4.67. The van der Waals surface area contributed by atoms with E-state index in [0.29, 0.717) is 5.92 Å². The fourth-order valence-corrected chi connectivity index (χ4v) is 1.68. The fraction of sp³-hybridized carbons (Fsp3) is 0.818. The number of aliphatic hydroxyl groups is 1. The highest BCUT2D eigenvalue weighted by atomic mass is 16.5. The van der Waals surface area contributed by atoms with Crippen LogP contribution in [0.2, 0.25) is 0 Å². The van der Waals surface area contributed by atoms with Gasteiger partial charge in [-0.3, -0.25) is 0 Å². The minimum absolute atomic E-state index is 0.118. The van der Waals surface area contributed by atoms with Gasteiger partial charge in [-0.25, -0.2) is 0 Å². The molecule has 0 aliphatic heterocycles. The molecule has 2 nitrogen and oxygen atoms in total. The minimum atomic E-state index is -0.611. The molecule has 0 heterocycles. The van der Waals surface area contributed by atoms with E-state index >= 15 is 0 Å². The summed E-state index contributed by atoms with van der Waals surface area (Å²) in [4.78, 5) is 0. The first-order valence-corrected chi connectivity index (χ1v) is 4.84. The van der Waals surface area contributed by atoms with Crippen LogP contribution in [0.1, 0.15) is 33.6 Å². The Morgan fingerprint density at radius 2 is 2.15 bits per heavy atom. The van der Waals surface area contributed by atoms with Gasteiger partial charge in [0.2, 0.25) is 0 Å². The third-order valence-electron chi connectivity index (χ3n) is 3.07. The van der Waals surface area contributed by atoms with Gasteiger partial charge in [0.15, 0.2) is 0 Å². The van der Waals surface area contributed by atoms with E-state index in [1.54, 1.807) is 7.11 Å². The van der Waals surface area contributed by atoms with Crippen LogP contribution in [-0.4, -0.2) is 23.4 Å². The first-order chi connectivity index (χ1) is 5.87. The number of hydrogen-bond donors (Lipinski definition) is 1. The topological polar surface area (TPSA) is 29.5 Å². The first kappa shape index (κ1) is 10.7. The maximum absolute atomic E-state index is 9.70. The third-order valence-corrected chi connectivity index (χ3v) is 3.07. The number of hydrogen-bond acceptors (Lipinski definition) is 2. The molecule has 1 rings (SSSR count). The average Bonchev–Trinajstić information content (AvgIpc) is 2.04. The van der Waals surface area contributed by atoms with Crippen molar-refractivity contribution in [2.75, 3.05) is 7.11 Å². The Morgan fingerprint density at radius 3 is 2.54 bits per heavy atom. The summed E-state index contributed by atoms with van der Waals surface area (Å²) in [5.41, 5.74) is -0.729. The van der Waals surface area contributed by atoms with E-state index in [1.807, 2.05) is 13.0 Å². The molecule has 76 valence electrons. The van der Waals surface area contributed by atoms with E-state index in [0.717, 1.165) is 12.8 Å². The van der Waals surface area contributed by atoms with Crippen molar-refractivity contribution in [3.63, 3.8) is 0 Å². The zero-order valence-electron chi connectivity index (χ0n) is 9.00. The second-order valence-electron chi connectivity index (χ2n) is 4.67. The molecule has 0 aromatic rings. The van der Waals surface area contributed by atoms with Crippen LogP contribution in [0.15, 0.2) is 12.2 Å². The Morgan fingerprint density at radius 1 is 1.54 bits per heavy atom. The fourth-order valence-electron chi connectivity index (χ4n) is 1.68. The van der Waals surface area contributed by atoms with Crippen LogP contribution in [0.25, 0.3) is 0 Å². The molecule has 0 aromatic heterocycles. The van der Waals surface area contributed by atoms with Crippen LogP contribution in [0.5, 0.6) is 0 Å². The van der Waals surface area contributed by atoms with Crippen molar-refractivity contribution in [2.45, 2.75) is 44.8 Å². The molecule has 2 heteroatoms. The summed E-state index contributed by atoms with van der Waals surface area (Å²) in [5.74, 6) is 0.415. The number of rotatable bonds is 2. The molecule has 0 bridgehead atoms. The Hall–Kier alpha value is -0.340. The largest absolute Gasteiger partial charge is 0.386 e. The van der Waals surface area contributed by atoms with Crippen molar-refractivity contribution in [3.8, 4) is 0 Å². The van der Waals surface area contributed by atoms with Gasteiger partial charge in [0, 0.05) is 13.0 Å². The van der Waals surface area contributed by atoms with Gasteiger partial charge in [-0.15, -0.1) is 0 Å². The standard InChI is InChI=1S/C11H20O2/c1-10(2,13-4)9-5-7-11(3,12)8-6-9/h5,7,9,12H,6,8H2,1-4H3/t9?,11-/m0/s1. The van der Waals surface area contributed by atoms with Gasteiger partial charge in [-0.1, -0.05) is 12.2 Å². The van der Waals surface area contributed by atoms with Gasteiger partial charge in [0.25, 0.3) is 0 Å². The van der Waals surface area contributed by atoms with Crippen LogP contribution in [0.4, 0.5) is 0 Å². The van der Waals surface area contributed by atoms with E-state index in [2.05, 4.69) is 19.9 Å². The summed E-state index contributed by atoms with van der Waals surface area (Å²) in [6.07, 6.45) is 5.78. The second kappa shape index (κ2) is 3.43. The van der Waals surface area contributed by atoms with Gasteiger partial charge in [-0.05, 0) is 33.6 Å². The zero-order chi connectivity index (χ0) is 10.1. The first-order valence-electron chi connectivity index (χ1n) is 4.84. The lowest BCUT2D eigenvalue weighted by Crippen LogP contribution is -2.37. The molecule has 0 aromatic carbocycles. The highest BCUT2D eigenvalue weighted by Gasteiger charge is 2.32. The minimum Gasteiger partial charge on any atom is -0.386 e.